The quantitative estimate of drug-likeness (QED) is 0.703. The van der Waals surface area contributed by atoms with Crippen molar-refractivity contribution < 1.29 is 17.6 Å². The number of aromatic nitrogens is 2. The maximum absolute atomic E-state index is 12.9. The highest BCUT2D eigenvalue weighted by Gasteiger charge is 2.38. The van der Waals surface area contributed by atoms with E-state index in [1.807, 2.05) is 0 Å². The van der Waals surface area contributed by atoms with Crippen LogP contribution in [0.25, 0.3) is 0 Å². The number of hydrogen-bond donors (Lipinski definition) is 0. The van der Waals surface area contributed by atoms with Gasteiger partial charge < -0.3 is 0 Å². The van der Waals surface area contributed by atoms with Crippen LogP contribution in [0.15, 0.2) is 6.20 Å². The summed E-state index contributed by atoms with van der Waals surface area (Å²) in [5, 5.41) is 3.35. The first kappa shape index (κ1) is 12.0. The number of nitrogens with zero attached hydrogens (tertiary/aromatic N) is 2. The van der Waals surface area contributed by atoms with Crippen LogP contribution < -0.4 is 0 Å². The van der Waals surface area contributed by atoms with Gasteiger partial charge in [-0.1, -0.05) is 0 Å². The van der Waals surface area contributed by atoms with Gasteiger partial charge in [-0.2, -0.15) is 18.3 Å². The van der Waals surface area contributed by atoms with E-state index in [0.29, 0.717) is 0 Å². The van der Waals surface area contributed by atoms with Gasteiger partial charge in [0.2, 0.25) is 0 Å². The van der Waals surface area contributed by atoms with Crippen molar-refractivity contribution in [2.24, 2.45) is 0 Å². The van der Waals surface area contributed by atoms with Crippen LogP contribution in [-0.4, -0.2) is 9.78 Å². The molecule has 0 bridgehead atoms. The lowest BCUT2D eigenvalue weighted by atomic mass is 10.2. The highest BCUT2D eigenvalue weighted by molar-refractivity contribution is 5.22. The van der Waals surface area contributed by atoms with E-state index in [0.717, 1.165) is 17.8 Å². The van der Waals surface area contributed by atoms with E-state index >= 15 is 0 Å². The van der Waals surface area contributed by atoms with Crippen LogP contribution in [0.5, 0.6) is 0 Å². The Morgan fingerprint density at radius 1 is 1.27 bits per heavy atom. The van der Waals surface area contributed by atoms with E-state index < -0.39 is 23.6 Å². The van der Waals surface area contributed by atoms with E-state index in [1.54, 1.807) is 13.8 Å². The molecule has 0 N–H and O–H groups in total. The van der Waals surface area contributed by atoms with E-state index in [1.165, 1.54) is 0 Å². The van der Waals surface area contributed by atoms with Gasteiger partial charge in [-0.3, -0.25) is 4.68 Å². The van der Waals surface area contributed by atoms with Crippen molar-refractivity contribution in [3.8, 4) is 0 Å². The molecule has 0 aliphatic heterocycles. The second kappa shape index (κ2) is 3.83. The third-order valence-corrected chi connectivity index (χ3v) is 1.99. The fraction of sp³-hybridized carbons (Fsp3) is 0.667. The Morgan fingerprint density at radius 2 is 1.80 bits per heavy atom. The SMILES string of the molecule is CC(F)c1cn(C(C)C)nc1C(F)(F)F. The van der Waals surface area contributed by atoms with Gasteiger partial charge in [-0.25, -0.2) is 4.39 Å². The van der Waals surface area contributed by atoms with Crippen LogP contribution in [0.3, 0.4) is 0 Å². The Kier molecular flexibility index (Phi) is 3.06. The Labute approximate surface area is 84.9 Å². The monoisotopic (exact) mass is 224 g/mol. The fourth-order valence-electron chi connectivity index (χ4n) is 1.18. The van der Waals surface area contributed by atoms with Crippen LogP contribution >= 0.6 is 0 Å². The maximum Gasteiger partial charge on any atom is 0.435 e. The summed E-state index contributed by atoms with van der Waals surface area (Å²) in [5.74, 6) is 0. The Bertz CT molecular complexity index is 338. The fourth-order valence-corrected chi connectivity index (χ4v) is 1.18. The number of halogens is 4. The zero-order valence-corrected chi connectivity index (χ0v) is 8.64. The molecular formula is C9H12F4N2. The predicted molar refractivity (Wildman–Crippen MR) is 47.1 cm³/mol. The first-order valence-electron chi connectivity index (χ1n) is 4.53. The van der Waals surface area contributed by atoms with E-state index in [4.69, 9.17) is 0 Å². The molecule has 1 heterocycles. The van der Waals surface area contributed by atoms with E-state index in [-0.39, 0.29) is 6.04 Å². The Hall–Kier alpha value is -1.07. The smallest absolute Gasteiger partial charge is 0.269 e. The third kappa shape index (κ3) is 2.49. The summed E-state index contributed by atoms with van der Waals surface area (Å²) < 4.78 is 51.4. The van der Waals surface area contributed by atoms with Gasteiger partial charge >= 0.3 is 6.18 Å². The lowest BCUT2D eigenvalue weighted by Gasteiger charge is -2.06. The molecule has 0 fully saturated rings. The Balaban J connectivity index is 3.24. The third-order valence-electron chi connectivity index (χ3n) is 1.99. The first-order valence-corrected chi connectivity index (χ1v) is 4.53. The molecule has 1 rings (SSSR count). The highest BCUT2D eigenvalue weighted by Crippen LogP contribution is 2.34. The summed E-state index contributed by atoms with van der Waals surface area (Å²) in [6, 6.07) is -0.224. The summed E-state index contributed by atoms with van der Waals surface area (Å²) in [6.07, 6.45) is -5.16. The number of hydrogen-bond acceptors (Lipinski definition) is 1. The van der Waals surface area contributed by atoms with Gasteiger partial charge in [0.25, 0.3) is 0 Å². The molecule has 0 radical (unpaired) electrons. The van der Waals surface area contributed by atoms with Crippen molar-refractivity contribution in [3.63, 3.8) is 0 Å². The van der Waals surface area contributed by atoms with Gasteiger partial charge in [0.05, 0.1) is 0 Å². The molecule has 0 spiro atoms. The number of alkyl halides is 4. The van der Waals surface area contributed by atoms with Gasteiger partial charge in [-0.15, -0.1) is 0 Å². The standard InChI is InChI=1S/C9H12F4N2/c1-5(2)15-4-7(6(3)10)8(14-15)9(11,12)13/h4-6H,1-3H3. The molecule has 1 atom stereocenters. The molecule has 0 saturated heterocycles. The summed E-state index contributed by atoms with van der Waals surface area (Å²) in [6.45, 7) is 4.43. The molecule has 2 nitrogen and oxygen atoms in total. The zero-order chi connectivity index (χ0) is 11.8. The molecule has 1 unspecified atom stereocenters. The first-order chi connectivity index (χ1) is 6.73. The second-order valence-corrected chi connectivity index (χ2v) is 3.62. The largest absolute Gasteiger partial charge is 0.435 e. The molecule has 6 heteroatoms. The van der Waals surface area contributed by atoms with Crippen LogP contribution in [0.1, 0.15) is 44.2 Å². The summed E-state index contributed by atoms with van der Waals surface area (Å²) in [4.78, 5) is 0. The summed E-state index contributed by atoms with van der Waals surface area (Å²) in [5.41, 5.74) is -1.54. The van der Waals surface area contributed by atoms with Gasteiger partial charge in [0.1, 0.15) is 6.17 Å². The van der Waals surface area contributed by atoms with Crippen molar-refractivity contribution in [2.75, 3.05) is 0 Å². The van der Waals surface area contributed by atoms with Gasteiger partial charge in [0.15, 0.2) is 5.69 Å². The molecule has 0 saturated carbocycles. The summed E-state index contributed by atoms with van der Waals surface area (Å²) >= 11 is 0. The average molecular weight is 224 g/mol. The second-order valence-electron chi connectivity index (χ2n) is 3.62. The maximum atomic E-state index is 12.9. The molecule has 86 valence electrons. The summed E-state index contributed by atoms with van der Waals surface area (Å²) in [7, 11) is 0. The number of rotatable bonds is 2. The molecule has 0 amide bonds. The predicted octanol–water partition coefficient (Wildman–Crippen LogP) is 3.51. The van der Waals surface area contributed by atoms with Gasteiger partial charge in [0, 0.05) is 17.8 Å². The van der Waals surface area contributed by atoms with Crippen molar-refractivity contribution in [1.82, 2.24) is 9.78 Å². The Morgan fingerprint density at radius 3 is 2.07 bits per heavy atom. The van der Waals surface area contributed by atoms with Crippen LogP contribution in [-0.2, 0) is 6.18 Å². The van der Waals surface area contributed by atoms with Crippen molar-refractivity contribution in [2.45, 2.75) is 39.2 Å². The average Bonchev–Trinajstić information content (AvgIpc) is 2.45. The molecular weight excluding hydrogens is 212 g/mol. The molecule has 1 aromatic rings. The highest BCUT2D eigenvalue weighted by atomic mass is 19.4. The van der Waals surface area contributed by atoms with E-state index in [2.05, 4.69) is 5.10 Å². The minimum Gasteiger partial charge on any atom is -0.269 e. The normalized spacial score (nSPS) is 14.7. The lowest BCUT2D eigenvalue weighted by Crippen LogP contribution is -2.10. The van der Waals surface area contributed by atoms with Gasteiger partial charge in [-0.05, 0) is 20.8 Å². The van der Waals surface area contributed by atoms with Crippen LogP contribution in [0.2, 0.25) is 0 Å². The molecule has 0 aliphatic carbocycles. The molecule has 0 aliphatic rings. The van der Waals surface area contributed by atoms with Crippen molar-refractivity contribution >= 4 is 0 Å². The van der Waals surface area contributed by atoms with E-state index in [9.17, 15) is 17.6 Å². The lowest BCUT2D eigenvalue weighted by molar-refractivity contribution is -0.142. The topological polar surface area (TPSA) is 17.8 Å². The molecule has 15 heavy (non-hydrogen) atoms. The molecule has 0 aromatic carbocycles. The molecule has 1 aromatic heterocycles. The van der Waals surface area contributed by atoms with Crippen LogP contribution in [0, 0.1) is 0 Å². The van der Waals surface area contributed by atoms with Crippen molar-refractivity contribution in [1.29, 1.82) is 0 Å². The van der Waals surface area contributed by atoms with Crippen LogP contribution in [0.4, 0.5) is 17.6 Å². The minimum absolute atomic E-state index is 0.224. The zero-order valence-electron chi connectivity index (χ0n) is 8.64. The van der Waals surface area contributed by atoms with Crippen molar-refractivity contribution in [3.05, 3.63) is 17.5 Å². The minimum atomic E-state index is -4.60.